The minimum absolute atomic E-state index is 0.0240. The molecule has 0 aliphatic heterocycles. The third-order valence-corrected chi connectivity index (χ3v) is 12.0. The number of rotatable bonds is 4. The van der Waals surface area contributed by atoms with Gasteiger partial charge in [0.25, 0.3) is 0 Å². The molecule has 0 spiro atoms. The van der Waals surface area contributed by atoms with Crippen molar-refractivity contribution >= 4 is 43.1 Å². The molecule has 11 rings (SSSR count). The highest BCUT2D eigenvalue weighted by molar-refractivity contribution is 6.27. The molecule has 0 saturated heterocycles. The van der Waals surface area contributed by atoms with Crippen LogP contribution < -0.4 is 0 Å². The van der Waals surface area contributed by atoms with Crippen LogP contribution in [-0.2, 0) is 5.41 Å². The van der Waals surface area contributed by atoms with Crippen LogP contribution in [0.3, 0.4) is 0 Å². The molecular formula is C53H36. The maximum Gasteiger partial charge on any atom is 0.0159 e. The minimum Gasteiger partial charge on any atom is -0.0622 e. The van der Waals surface area contributed by atoms with Crippen LogP contribution in [0.25, 0.3) is 98.7 Å². The van der Waals surface area contributed by atoms with Crippen molar-refractivity contribution in [3.05, 3.63) is 193 Å². The van der Waals surface area contributed by atoms with Gasteiger partial charge in [-0.15, -0.1) is 0 Å². The summed E-state index contributed by atoms with van der Waals surface area (Å²) < 4.78 is 0. The molecule has 10 aromatic rings. The first-order valence-corrected chi connectivity index (χ1v) is 18.7. The highest BCUT2D eigenvalue weighted by Gasteiger charge is 2.35. The Morgan fingerprint density at radius 2 is 0.811 bits per heavy atom. The third-order valence-electron chi connectivity index (χ3n) is 12.0. The van der Waals surface area contributed by atoms with Crippen molar-refractivity contribution in [2.75, 3.05) is 0 Å². The molecule has 248 valence electrons. The van der Waals surface area contributed by atoms with Gasteiger partial charge in [-0.1, -0.05) is 172 Å². The standard InChI is InChI=1S/C53H36/c1-53(2)49-18-9-8-17-45(49)48-31-36-19-20-39(30-40(36)32-50(48)53)42-16-7-6-15-41(42)37-13-10-14-38(29-37)44-26-22-35-23-27-46-43(33-11-4-3-5-12-33)25-21-34-24-28-47(44)52(35)51(34)46/h3-32H,1-2H3. The summed E-state index contributed by atoms with van der Waals surface area (Å²) in [5, 5.41) is 10.4. The summed E-state index contributed by atoms with van der Waals surface area (Å²) in [6.45, 7) is 4.72. The largest absolute Gasteiger partial charge is 0.0622 e. The Labute approximate surface area is 310 Å². The monoisotopic (exact) mass is 672 g/mol. The van der Waals surface area contributed by atoms with Crippen LogP contribution in [0.5, 0.6) is 0 Å². The zero-order chi connectivity index (χ0) is 35.3. The van der Waals surface area contributed by atoms with E-state index in [1.807, 2.05) is 0 Å². The average molecular weight is 673 g/mol. The fourth-order valence-corrected chi connectivity index (χ4v) is 9.38. The van der Waals surface area contributed by atoms with Crippen LogP contribution >= 0.6 is 0 Å². The zero-order valence-electron chi connectivity index (χ0n) is 29.8. The molecule has 0 unspecified atom stereocenters. The molecule has 0 nitrogen and oxygen atoms in total. The van der Waals surface area contributed by atoms with E-state index >= 15 is 0 Å². The number of hydrogen-bond donors (Lipinski definition) is 0. The number of benzene rings is 10. The molecule has 1 aliphatic rings. The molecule has 0 fully saturated rings. The Morgan fingerprint density at radius 3 is 1.51 bits per heavy atom. The van der Waals surface area contributed by atoms with Gasteiger partial charge in [0.1, 0.15) is 0 Å². The summed E-state index contributed by atoms with van der Waals surface area (Å²) in [5.74, 6) is 0. The SMILES string of the molecule is CC1(C)c2ccccc2-c2cc3ccc(-c4ccccc4-c4cccc(-c5ccc6ccc7c(-c8ccccc8)ccc8ccc5c6c87)c4)cc3cc21. The molecule has 0 aromatic heterocycles. The topological polar surface area (TPSA) is 0 Å². The molecule has 1 aliphatic carbocycles. The average Bonchev–Trinajstić information content (AvgIpc) is 3.44. The van der Waals surface area contributed by atoms with Crippen LogP contribution in [0.4, 0.5) is 0 Å². The Hall–Kier alpha value is -6.50. The zero-order valence-corrected chi connectivity index (χ0v) is 29.8. The lowest BCUT2D eigenvalue weighted by Gasteiger charge is -2.21. The first-order valence-electron chi connectivity index (χ1n) is 18.7. The lowest BCUT2D eigenvalue weighted by atomic mass is 9.81. The molecule has 0 heteroatoms. The van der Waals surface area contributed by atoms with E-state index in [9.17, 15) is 0 Å². The van der Waals surface area contributed by atoms with E-state index in [1.165, 1.54) is 110 Å². The lowest BCUT2D eigenvalue weighted by Crippen LogP contribution is -2.14. The van der Waals surface area contributed by atoms with Crippen molar-refractivity contribution in [3.8, 4) is 55.6 Å². The quantitative estimate of drug-likeness (QED) is 0.163. The molecule has 0 bridgehead atoms. The summed E-state index contributed by atoms with van der Waals surface area (Å²) >= 11 is 0. The second-order valence-corrected chi connectivity index (χ2v) is 15.3. The second kappa shape index (κ2) is 11.2. The van der Waals surface area contributed by atoms with Gasteiger partial charge >= 0.3 is 0 Å². The van der Waals surface area contributed by atoms with E-state index in [0.717, 1.165) is 0 Å². The van der Waals surface area contributed by atoms with Crippen LogP contribution in [0.1, 0.15) is 25.0 Å². The summed E-state index contributed by atoms with van der Waals surface area (Å²) in [6.07, 6.45) is 0. The molecule has 0 heterocycles. The number of hydrogen-bond acceptors (Lipinski definition) is 0. The highest BCUT2D eigenvalue weighted by Crippen LogP contribution is 2.50. The maximum atomic E-state index is 2.44. The summed E-state index contributed by atoms with van der Waals surface area (Å²) in [4.78, 5) is 0. The molecule has 0 amide bonds. The van der Waals surface area contributed by atoms with Gasteiger partial charge in [-0.2, -0.15) is 0 Å². The van der Waals surface area contributed by atoms with Gasteiger partial charge in [-0.05, 0) is 134 Å². The molecular weight excluding hydrogens is 637 g/mol. The first kappa shape index (κ1) is 30.2. The first-order chi connectivity index (χ1) is 26.0. The normalized spacial score (nSPS) is 13.2. The fourth-order valence-electron chi connectivity index (χ4n) is 9.38. The molecule has 10 aromatic carbocycles. The summed E-state index contributed by atoms with van der Waals surface area (Å²) in [7, 11) is 0. The Balaban J connectivity index is 1.03. The van der Waals surface area contributed by atoms with Crippen LogP contribution in [0, 0.1) is 0 Å². The molecule has 53 heavy (non-hydrogen) atoms. The lowest BCUT2D eigenvalue weighted by molar-refractivity contribution is 0.661. The predicted molar refractivity (Wildman–Crippen MR) is 227 cm³/mol. The van der Waals surface area contributed by atoms with Gasteiger partial charge in [0.05, 0.1) is 0 Å². The van der Waals surface area contributed by atoms with Gasteiger partial charge in [-0.25, -0.2) is 0 Å². The van der Waals surface area contributed by atoms with Crippen LogP contribution in [0.2, 0.25) is 0 Å². The van der Waals surface area contributed by atoms with Crippen molar-refractivity contribution in [2.24, 2.45) is 0 Å². The molecule has 0 atom stereocenters. The van der Waals surface area contributed by atoms with Crippen molar-refractivity contribution in [2.45, 2.75) is 19.3 Å². The van der Waals surface area contributed by atoms with Crippen molar-refractivity contribution < 1.29 is 0 Å². The van der Waals surface area contributed by atoms with E-state index in [2.05, 4.69) is 196 Å². The summed E-state index contributed by atoms with van der Waals surface area (Å²) in [5.41, 5.74) is 15.5. The second-order valence-electron chi connectivity index (χ2n) is 15.3. The maximum absolute atomic E-state index is 2.44. The van der Waals surface area contributed by atoms with Crippen molar-refractivity contribution in [1.29, 1.82) is 0 Å². The number of fused-ring (bicyclic) bond motifs is 4. The van der Waals surface area contributed by atoms with E-state index in [4.69, 9.17) is 0 Å². The molecule has 0 saturated carbocycles. The molecule has 0 N–H and O–H groups in total. The van der Waals surface area contributed by atoms with Gasteiger partial charge in [0.15, 0.2) is 0 Å². The van der Waals surface area contributed by atoms with Crippen molar-refractivity contribution in [1.82, 2.24) is 0 Å². The van der Waals surface area contributed by atoms with Crippen molar-refractivity contribution in [3.63, 3.8) is 0 Å². The van der Waals surface area contributed by atoms with Gasteiger partial charge in [-0.3, -0.25) is 0 Å². The smallest absolute Gasteiger partial charge is 0.0159 e. The minimum atomic E-state index is -0.0240. The third kappa shape index (κ3) is 4.49. The Kier molecular flexibility index (Phi) is 6.40. The van der Waals surface area contributed by atoms with Crippen LogP contribution in [0.15, 0.2) is 182 Å². The van der Waals surface area contributed by atoms with E-state index in [-0.39, 0.29) is 5.41 Å². The van der Waals surface area contributed by atoms with Crippen LogP contribution in [-0.4, -0.2) is 0 Å². The van der Waals surface area contributed by atoms with Gasteiger partial charge in [0, 0.05) is 5.41 Å². The summed E-state index contributed by atoms with van der Waals surface area (Å²) in [6, 6.07) is 67.9. The highest BCUT2D eigenvalue weighted by atomic mass is 14.4. The Bertz CT molecular complexity index is 3070. The van der Waals surface area contributed by atoms with Gasteiger partial charge in [0.2, 0.25) is 0 Å². The molecule has 0 radical (unpaired) electrons. The van der Waals surface area contributed by atoms with E-state index in [1.54, 1.807) is 0 Å². The fraction of sp³-hybridized carbons (Fsp3) is 0.0566. The predicted octanol–water partition coefficient (Wildman–Crippen LogP) is 14.7. The van der Waals surface area contributed by atoms with Gasteiger partial charge < -0.3 is 0 Å². The Morgan fingerprint density at radius 1 is 0.283 bits per heavy atom. The van der Waals surface area contributed by atoms with E-state index in [0.29, 0.717) is 0 Å². The van der Waals surface area contributed by atoms with E-state index < -0.39 is 0 Å².